The van der Waals surface area contributed by atoms with Crippen LogP contribution in [0.2, 0.25) is 0 Å². The van der Waals surface area contributed by atoms with E-state index in [-0.39, 0.29) is 0 Å². The Labute approximate surface area is 113 Å². The van der Waals surface area contributed by atoms with E-state index in [0.717, 1.165) is 19.6 Å². The number of hydrogen-bond acceptors (Lipinski definition) is 2. The molecule has 1 aromatic carbocycles. The summed E-state index contributed by atoms with van der Waals surface area (Å²) in [5, 5.41) is 6.97. The lowest BCUT2D eigenvalue weighted by molar-refractivity contribution is 0.500. The van der Waals surface area contributed by atoms with Crippen LogP contribution >= 0.6 is 15.9 Å². The fourth-order valence-electron chi connectivity index (χ4n) is 1.70. The van der Waals surface area contributed by atoms with Crippen molar-refractivity contribution >= 4 is 15.9 Å². The summed E-state index contributed by atoms with van der Waals surface area (Å²) < 4.78 is 1.19. The van der Waals surface area contributed by atoms with Gasteiger partial charge in [0.2, 0.25) is 0 Å². The van der Waals surface area contributed by atoms with E-state index in [4.69, 9.17) is 0 Å². The molecule has 3 heteroatoms. The zero-order valence-corrected chi connectivity index (χ0v) is 12.6. The fourth-order valence-corrected chi connectivity index (χ4v) is 2.10. The van der Waals surface area contributed by atoms with Crippen molar-refractivity contribution in [2.75, 3.05) is 13.1 Å². The molecule has 0 aliphatic carbocycles. The SMILES string of the molecule is CCCNCC(C)NCc1cccc(Br)c1C. The summed E-state index contributed by atoms with van der Waals surface area (Å²) in [6.07, 6.45) is 1.19. The van der Waals surface area contributed by atoms with Gasteiger partial charge >= 0.3 is 0 Å². The Balaban J connectivity index is 2.37. The predicted octanol–water partition coefficient (Wildman–Crippen LogP) is 3.24. The van der Waals surface area contributed by atoms with Gasteiger partial charge in [0.1, 0.15) is 0 Å². The van der Waals surface area contributed by atoms with Crippen LogP contribution in [0.1, 0.15) is 31.4 Å². The van der Waals surface area contributed by atoms with Crippen LogP contribution in [-0.4, -0.2) is 19.1 Å². The maximum absolute atomic E-state index is 3.56. The Morgan fingerprint density at radius 1 is 1.35 bits per heavy atom. The van der Waals surface area contributed by atoms with Crippen LogP contribution in [0.15, 0.2) is 22.7 Å². The van der Waals surface area contributed by atoms with Crippen LogP contribution in [0.3, 0.4) is 0 Å². The summed E-state index contributed by atoms with van der Waals surface area (Å²) in [6.45, 7) is 9.62. The fraction of sp³-hybridized carbons (Fsp3) is 0.571. The molecule has 2 nitrogen and oxygen atoms in total. The van der Waals surface area contributed by atoms with Crippen LogP contribution in [0, 0.1) is 6.92 Å². The second-order valence-corrected chi connectivity index (χ2v) is 5.36. The van der Waals surface area contributed by atoms with Gasteiger partial charge in [-0.15, -0.1) is 0 Å². The highest BCUT2D eigenvalue weighted by atomic mass is 79.9. The molecule has 1 aromatic rings. The monoisotopic (exact) mass is 298 g/mol. The number of nitrogens with one attached hydrogen (secondary N) is 2. The highest BCUT2D eigenvalue weighted by Gasteiger charge is 2.04. The van der Waals surface area contributed by atoms with Crippen LogP contribution in [-0.2, 0) is 6.54 Å². The molecule has 0 aliphatic heterocycles. The second-order valence-electron chi connectivity index (χ2n) is 4.51. The van der Waals surface area contributed by atoms with Crippen LogP contribution in [0.5, 0.6) is 0 Å². The van der Waals surface area contributed by atoms with Crippen molar-refractivity contribution in [2.24, 2.45) is 0 Å². The molecule has 0 bridgehead atoms. The van der Waals surface area contributed by atoms with E-state index in [9.17, 15) is 0 Å². The van der Waals surface area contributed by atoms with Gasteiger partial charge in [-0.2, -0.15) is 0 Å². The Kier molecular flexibility index (Phi) is 6.78. The Bertz CT molecular complexity index is 339. The van der Waals surface area contributed by atoms with E-state index in [2.05, 4.69) is 65.5 Å². The highest BCUT2D eigenvalue weighted by molar-refractivity contribution is 9.10. The van der Waals surface area contributed by atoms with Gasteiger partial charge in [-0.1, -0.05) is 35.0 Å². The first-order valence-electron chi connectivity index (χ1n) is 6.33. The summed E-state index contributed by atoms with van der Waals surface area (Å²) in [5.41, 5.74) is 2.69. The van der Waals surface area contributed by atoms with Gasteiger partial charge < -0.3 is 10.6 Å². The molecular weight excluding hydrogens is 276 g/mol. The molecule has 0 saturated heterocycles. The first kappa shape index (κ1) is 14.7. The quantitative estimate of drug-likeness (QED) is 0.755. The van der Waals surface area contributed by atoms with Gasteiger partial charge in [0.15, 0.2) is 0 Å². The van der Waals surface area contributed by atoms with E-state index in [1.54, 1.807) is 0 Å². The van der Waals surface area contributed by atoms with Crippen LogP contribution in [0.25, 0.3) is 0 Å². The largest absolute Gasteiger partial charge is 0.315 e. The molecule has 17 heavy (non-hydrogen) atoms. The highest BCUT2D eigenvalue weighted by Crippen LogP contribution is 2.19. The number of rotatable bonds is 7. The van der Waals surface area contributed by atoms with E-state index in [1.807, 2.05) is 0 Å². The second kappa shape index (κ2) is 7.85. The van der Waals surface area contributed by atoms with E-state index in [1.165, 1.54) is 22.0 Å². The van der Waals surface area contributed by atoms with E-state index in [0.29, 0.717) is 6.04 Å². The zero-order chi connectivity index (χ0) is 12.7. The summed E-state index contributed by atoms with van der Waals surface area (Å²) in [5.74, 6) is 0. The van der Waals surface area contributed by atoms with E-state index >= 15 is 0 Å². The van der Waals surface area contributed by atoms with Crippen LogP contribution in [0.4, 0.5) is 0 Å². The van der Waals surface area contributed by atoms with Gasteiger partial charge in [0.25, 0.3) is 0 Å². The lowest BCUT2D eigenvalue weighted by Crippen LogP contribution is -2.36. The van der Waals surface area contributed by atoms with Crippen molar-refractivity contribution in [2.45, 2.75) is 39.8 Å². The third-order valence-electron chi connectivity index (χ3n) is 2.90. The molecule has 2 N–H and O–H groups in total. The number of halogens is 1. The average Bonchev–Trinajstić information content (AvgIpc) is 2.31. The third-order valence-corrected chi connectivity index (χ3v) is 3.76. The van der Waals surface area contributed by atoms with Gasteiger partial charge in [-0.25, -0.2) is 0 Å². The molecule has 0 fully saturated rings. The Hall–Kier alpha value is -0.380. The minimum absolute atomic E-state index is 0.500. The lowest BCUT2D eigenvalue weighted by atomic mass is 10.1. The smallest absolute Gasteiger partial charge is 0.0211 e. The predicted molar refractivity (Wildman–Crippen MR) is 78.3 cm³/mol. The minimum atomic E-state index is 0.500. The molecule has 0 spiro atoms. The molecule has 0 radical (unpaired) electrons. The van der Waals surface area contributed by atoms with Gasteiger partial charge in [0.05, 0.1) is 0 Å². The molecule has 1 rings (SSSR count). The zero-order valence-electron chi connectivity index (χ0n) is 11.0. The molecule has 0 heterocycles. The van der Waals surface area contributed by atoms with Crippen molar-refractivity contribution in [3.8, 4) is 0 Å². The Morgan fingerprint density at radius 2 is 2.12 bits per heavy atom. The molecule has 1 atom stereocenters. The molecular formula is C14H23BrN2. The summed E-state index contributed by atoms with van der Waals surface area (Å²) in [4.78, 5) is 0. The summed E-state index contributed by atoms with van der Waals surface area (Å²) in [6, 6.07) is 6.86. The maximum Gasteiger partial charge on any atom is 0.0211 e. The standard InChI is InChI=1S/C14H23BrN2/c1-4-8-16-9-11(2)17-10-13-6-5-7-14(15)12(13)3/h5-7,11,16-17H,4,8-10H2,1-3H3. The van der Waals surface area contributed by atoms with Gasteiger partial charge in [0, 0.05) is 23.6 Å². The van der Waals surface area contributed by atoms with Crippen molar-refractivity contribution in [1.29, 1.82) is 0 Å². The molecule has 0 saturated carbocycles. The lowest BCUT2D eigenvalue weighted by Gasteiger charge is -2.16. The summed E-state index contributed by atoms with van der Waals surface area (Å²) in [7, 11) is 0. The van der Waals surface area contributed by atoms with Crippen molar-refractivity contribution in [1.82, 2.24) is 10.6 Å². The van der Waals surface area contributed by atoms with Gasteiger partial charge in [-0.3, -0.25) is 0 Å². The van der Waals surface area contributed by atoms with Crippen molar-refractivity contribution in [3.63, 3.8) is 0 Å². The van der Waals surface area contributed by atoms with Crippen molar-refractivity contribution in [3.05, 3.63) is 33.8 Å². The first-order valence-corrected chi connectivity index (χ1v) is 7.12. The molecule has 96 valence electrons. The maximum atomic E-state index is 3.56. The molecule has 1 unspecified atom stereocenters. The molecule has 0 aliphatic rings. The Morgan fingerprint density at radius 3 is 2.82 bits per heavy atom. The van der Waals surface area contributed by atoms with Gasteiger partial charge in [-0.05, 0) is 44.0 Å². The van der Waals surface area contributed by atoms with E-state index < -0.39 is 0 Å². The summed E-state index contributed by atoms with van der Waals surface area (Å²) >= 11 is 3.56. The third kappa shape index (κ3) is 5.19. The first-order chi connectivity index (χ1) is 8.15. The normalized spacial score (nSPS) is 12.7. The number of benzene rings is 1. The van der Waals surface area contributed by atoms with Crippen LogP contribution < -0.4 is 10.6 Å². The van der Waals surface area contributed by atoms with Crippen molar-refractivity contribution < 1.29 is 0 Å². The molecule has 0 amide bonds. The number of hydrogen-bond donors (Lipinski definition) is 2. The topological polar surface area (TPSA) is 24.1 Å². The average molecular weight is 299 g/mol. The molecule has 0 aromatic heterocycles. The minimum Gasteiger partial charge on any atom is -0.315 e.